The van der Waals surface area contributed by atoms with Gasteiger partial charge in [0.05, 0.1) is 12.0 Å². The predicted molar refractivity (Wildman–Crippen MR) is 87.6 cm³/mol. The number of thiazole rings is 1. The van der Waals surface area contributed by atoms with Gasteiger partial charge in [-0.1, -0.05) is 6.42 Å². The molecule has 0 aromatic carbocycles. The molecule has 2 amide bonds. The third kappa shape index (κ3) is 3.79. The van der Waals surface area contributed by atoms with E-state index in [-0.39, 0.29) is 11.7 Å². The molecular weight excluding hydrogens is 314 g/mol. The van der Waals surface area contributed by atoms with Crippen LogP contribution in [0.5, 0.6) is 0 Å². The average molecular weight is 333 g/mol. The van der Waals surface area contributed by atoms with Gasteiger partial charge in [0.1, 0.15) is 6.04 Å². The Balaban J connectivity index is 1.59. The molecule has 2 N–H and O–H groups in total. The molecule has 0 spiro atoms. The van der Waals surface area contributed by atoms with Crippen LogP contribution in [0.4, 0.5) is 5.13 Å². The van der Waals surface area contributed by atoms with Crippen molar-refractivity contribution in [2.45, 2.75) is 45.1 Å². The first-order chi connectivity index (χ1) is 11.1. The zero-order valence-electron chi connectivity index (χ0n) is 12.9. The molecule has 0 fully saturated rings. The second kappa shape index (κ2) is 6.95. The van der Waals surface area contributed by atoms with Gasteiger partial charge in [0.25, 0.3) is 5.91 Å². The number of carbonyl (C=O) groups is 2. The fourth-order valence-corrected chi connectivity index (χ4v) is 3.59. The molecule has 0 bridgehead atoms. The monoisotopic (exact) mass is 333 g/mol. The minimum Gasteiger partial charge on any atom is -0.459 e. The van der Waals surface area contributed by atoms with Crippen LogP contribution in [0.3, 0.4) is 0 Å². The highest BCUT2D eigenvalue weighted by atomic mass is 32.1. The molecule has 2 aromatic heterocycles. The molecule has 6 nitrogen and oxygen atoms in total. The molecule has 2 aromatic rings. The zero-order valence-corrected chi connectivity index (χ0v) is 13.7. The minimum absolute atomic E-state index is 0.186. The summed E-state index contributed by atoms with van der Waals surface area (Å²) in [5.74, 6) is -0.507. The molecule has 0 radical (unpaired) electrons. The number of anilines is 1. The average Bonchev–Trinajstić information content (AvgIpc) is 3.13. The van der Waals surface area contributed by atoms with Crippen LogP contribution in [0.15, 0.2) is 22.8 Å². The molecule has 23 heavy (non-hydrogen) atoms. The number of aromatic nitrogens is 1. The molecule has 7 heteroatoms. The van der Waals surface area contributed by atoms with Crippen molar-refractivity contribution >= 4 is 28.3 Å². The van der Waals surface area contributed by atoms with E-state index in [0.29, 0.717) is 5.13 Å². The number of hydrogen-bond acceptors (Lipinski definition) is 5. The van der Waals surface area contributed by atoms with Gasteiger partial charge in [-0.05, 0) is 44.7 Å². The minimum atomic E-state index is -0.670. The number of amides is 2. The van der Waals surface area contributed by atoms with Gasteiger partial charge in [-0.15, -0.1) is 11.3 Å². The van der Waals surface area contributed by atoms with Gasteiger partial charge in [-0.25, -0.2) is 4.98 Å². The summed E-state index contributed by atoms with van der Waals surface area (Å²) >= 11 is 1.54. The van der Waals surface area contributed by atoms with Crippen molar-refractivity contribution in [3.8, 4) is 0 Å². The molecule has 3 rings (SSSR count). The maximum atomic E-state index is 12.2. The number of aryl methyl sites for hydroxylation is 2. The van der Waals surface area contributed by atoms with Gasteiger partial charge < -0.3 is 15.1 Å². The van der Waals surface area contributed by atoms with Crippen molar-refractivity contribution in [3.63, 3.8) is 0 Å². The Bertz CT molecular complexity index is 670. The second-order valence-corrected chi connectivity index (χ2v) is 6.69. The lowest BCUT2D eigenvalue weighted by molar-refractivity contribution is -0.117. The highest BCUT2D eigenvalue weighted by Gasteiger charge is 2.20. The Morgan fingerprint density at radius 2 is 2.13 bits per heavy atom. The lowest BCUT2D eigenvalue weighted by Gasteiger charge is -2.11. The van der Waals surface area contributed by atoms with Crippen molar-refractivity contribution in [3.05, 3.63) is 34.7 Å². The van der Waals surface area contributed by atoms with Crippen molar-refractivity contribution in [1.29, 1.82) is 0 Å². The highest BCUT2D eigenvalue weighted by Crippen LogP contribution is 2.28. The van der Waals surface area contributed by atoms with E-state index in [0.717, 1.165) is 25.0 Å². The van der Waals surface area contributed by atoms with E-state index in [1.165, 1.54) is 35.3 Å². The molecule has 2 heterocycles. The summed E-state index contributed by atoms with van der Waals surface area (Å²) in [4.78, 5) is 29.9. The molecule has 0 saturated carbocycles. The topological polar surface area (TPSA) is 84.2 Å². The maximum absolute atomic E-state index is 12.2. The Morgan fingerprint density at radius 1 is 1.30 bits per heavy atom. The number of fused-ring (bicyclic) bond motifs is 1. The lowest BCUT2D eigenvalue weighted by Crippen LogP contribution is -2.41. The van der Waals surface area contributed by atoms with Gasteiger partial charge in [0.15, 0.2) is 10.9 Å². The van der Waals surface area contributed by atoms with Crippen LogP contribution in [0.1, 0.15) is 47.3 Å². The largest absolute Gasteiger partial charge is 0.459 e. The van der Waals surface area contributed by atoms with E-state index < -0.39 is 11.9 Å². The Kier molecular flexibility index (Phi) is 4.76. The number of nitrogens with zero attached hydrogens (tertiary/aromatic N) is 1. The van der Waals surface area contributed by atoms with Crippen LogP contribution in [-0.2, 0) is 17.6 Å². The van der Waals surface area contributed by atoms with Crippen LogP contribution >= 0.6 is 11.3 Å². The van der Waals surface area contributed by atoms with Gasteiger partial charge in [-0.2, -0.15) is 0 Å². The summed E-state index contributed by atoms with van der Waals surface area (Å²) in [6, 6.07) is 2.51. The Labute approximate surface area is 138 Å². The first-order valence-electron chi connectivity index (χ1n) is 7.77. The first-order valence-corrected chi connectivity index (χ1v) is 8.59. The molecule has 0 saturated heterocycles. The summed E-state index contributed by atoms with van der Waals surface area (Å²) in [6.45, 7) is 1.63. The van der Waals surface area contributed by atoms with E-state index in [2.05, 4.69) is 15.6 Å². The SMILES string of the molecule is CC(NC(=O)c1ccco1)C(=O)Nc1nc2c(s1)CCCCC2. The number of hydrogen-bond donors (Lipinski definition) is 2. The summed E-state index contributed by atoms with van der Waals surface area (Å²) < 4.78 is 5.01. The maximum Gasteiger partial charge on any atom is 0.287 e. The fraction of sp³-hybridized carbons (Fsp3) is 0.438. The van der Waals surface area contributed by atoms with Crippen molar-refractivity contribution < 1.29 is 14.0 Å². The normalized spacial score (nSPS) is 15.3. The first kappa shape index (κ1) is 15.7. The van der Waals surface area contributed by atoms with Crippen molar-refractivity contribution in [2.24, 2.45) is 0 Å². The van der Waals surface area contributed by atoms with Gasteiger partial charge in [0.2, 0.25) is 5.91 Å². The van der Waals surface area contributed by atoms with Crippen LogP contribution in [0.25, 0.3) is 0 Å². The van der Waals surface area contributed by atoms with E-state index >= 15 is 0 Å². The predicted octanol–water partition coefficient (Wildman–Crippen LogP) is 2.76. The second-order valence-electron chi connectivity index (χ2n) is 5.61. The summed E-state index contributed by atoms with van der Waals surface area (Å²) in [7, 11) is 0. The molecule has 1 unspecified atom stereocenters. The van der Waals surface area contributed by atoms with Crippen molar-refractivity contribution in [2.75, 3.05) is 5.32 Å². The van der Waals surface area contributed by atoms with Crippen LogP contribution in [-0.4, -0.2) is 22.8 Å². The molecule has 1 atom stereocenters. The van der Waals surface area contributed by atoms with E-state index in [9.17, 15) is 9.59 Å². The summed E-state index contributed by atoms with van der Waals surface area (Å²) in [5.41, 5.74) is 1.11. The molecular formula is C16H19N3O3S. The number of nitrogens with one attached hydrogen (secondary N) is 2. The van der Waals surface area contributed by atoms with E-state index in [1.807, 2.05) is 0 Å². The van der Waals surface area contributed by atoms with Gasteiger partial charge in [0, 0.05) is 4.88 Å². The number of carbonyl (C=O) groups excluding carboxylic acids is 2. The van der Waals surface area contributed by atoms with E-state index in [4.69, 9.17) is 4.42 Å². The fourth-order valence-electron chi connectivity index (χ4n) is 2.54. The molecule has 1 aliphatic rings. The van der Waals surface area contributed by atoms with Crippen LogP contribution in [0, 0.1) is 0 Å². The summed E-state index contributed by atoms with van der Waals surface area (Å²) in [6.07, 6.45) is 7.00. The van der Waals surface area contributed by atoms with Crippen molar-refractivity contribution in [1.82, 2.24) is 10.3 Å². The molecule has 0 aliphatic heterocycles. The molecule has 122 valence electrons. The Morgan fingerprint density at radius 3 is 2.91 bits per heavy atom. The van der Waals surface area contributed by atoms with Gasteiger partial charge in [-0.3, -0.25) is 9.59 Å². The third-order valence-corrected chi connectivity index (χ3v) is 4.88. The standard InChI is InChI=1S/C16H19N3O3S/c1-10(17-15(21)12-7-5-9-22-12)14(20)19-16-18-11-6-3-2-4-8-13(11)23-16/h5,7,9-10H,2-4,6,8H2,1H3,(H,17,21)(H,18,19,20). The quantitative estimate of drug-likeness (QED) is 0.843. The lowest BCUT2D eigenvalue weighted by atomic mass is 10.2. The Hall–Kier alpha value is -2.15. The summed E-state index contributed by atoms with van der Waals surface area (Å²) in [5, 5.41) is 6.01. The van der Waals surface area contributed by atoms with Crippen LogP contribution < -0.4 is 10.6 Å². The molecule has 1 aliphatic carbocycles. The third-order valence-electron chi connectivity index (χ3n) is 3.81. The van der Waals surface area contributed by atoms with E-state index in [1.54, 1.807) is 19.1 Å². The number of furan rings is 1. The van der Waals surface area contributed by atoms with Crippen LogP contribution in [0.2, 0.25) is 0 Å². The zero-order chi connectivity index (χ0) is 16.2. The number of rotatable bonds is 4. The highest BCUT2D eigenvalue weighted by molar-refractivity contribution is 7.15. The van der Waals surface area contributed by atoms with Gasteiger partial charge >= 0.3 is 0 Å². The smallest absolute Gasteiger partial charge is 0.287 e.